The first kappa shape index (κ1) is 25.2. The molecule has 9 heteroatoms. The third kappa shape index (κ3) is 6.81. The topological polar surface area (TPSA) is 78.9 Å². The fourth-order valence-corrected chi connectivity index (χ4v) is 6.14. The van der Waals surface area contributed by atoms with Crippen molar-refractivity contribution in [3.63, 3.8) is 0 Å². The van der Waals surface area contributed by atoms with Crippen molar-refractivity contribution in [1.82, 2.24) is 0 Å². The summed E-state index contributed by atoms with van der Waals surface area (Å²) in [5, 5.41) is -3.95. The molecule has 2 bridgehead atoms. The molecule has 0 aromatic heterocycles. The molecule has 3 saturated carbocycles. The van der Waals surface area contributed by atoms with Gasteiger partial charge in [0.2, 0.25) is 0 Å². The summed E-state index contributed by atoms with van der Waals surface area (Å²) < 4.78 is 40.9. The van der Waals surface area contributed by atoms with Gasteiger partial charge in [0, 0.05) is 10.8 Å². The Morgan fingerprint density at radius 2 is 1.69 bits per heavy atom. The maximum atomic E-state index is 12.7. The van der Waals surface area contributed by atoms with E-state index in [4.69, 9.17) is 9.47 Å². The molecule has 3 fully saturated rings. The SMILES string of the molecule is CC1(COC(=O)C2CCCCC2)CC2CCCC(COC(=O)COC(=O)C(F)(F)S)(C2)C1. The van der Waals surface area contributed by atoms with Crippen LogP contribution in [0.5, 0.6) is 0 Å². The Hall–Kier alpha value is -1.38. The van der Waals surface area contributed by atoms with Gasteiger partial charge in [0.25, 0.3) is 0 Å². The number of rotatable bonds is 8. The van der Waals surface area contributed by atoms with Crippen molar-refractivity contribution in [1.29, 1.82) is 0 Å². The van der Waals surface area contributed by atoms with E-state index in [0.717, 1.165) is 64.2 Å². The predicted octanol–water partition coefficient (Wildman–Crippen LogP) is 4.70. The smallest absolute Gasteiger partial charge is 0.388 e. The predicted molar refractivity (Wildman–Crippen MR) is 115 cm³/mol. The molecule has 0 spiro atoms. The van der Waals surface area contributed by atoms with Crippen LogP contribution < -0.4 is 0 Å². The first-order chi connectivity index (χ1) is 15.0. The first-order valence-corrected chi connectivity index (χ1v) is 12.0. The van der Waals surface area contributed by atoms with E-state index in [1.54, 1.807) is 0 Å². The normalized spacial score (nSPS) is 30.9. The highest BCUT2D eigenvalue weighted by molar-refractivity contribution is 7.82. The van der Waals surface area contributed by atoms with E-state index >= 15 is 0 Å². The molecule has 32 heavy (non-hydrogen) atoms. The van der Waals surface area contributed by atoms with Gasteiger partial charge in [0.1, 0.15) is 0 Å². The summed E-state index contributed by atoms with van der Waals surface area (Å²) in [6.07, 6.45) is 10.8. The monoisotopic (exact) mass is 476 g/mol. The molecular formula is C23H34F2O6S. The number of thiol groups is 1. The lowest BCUT2D eigenvalue weighted by molar-refractivity contribution is -0.172. The number of halogens is 2. The molecule has 0 aliphatic heterocycles. The third-order valence-electron chi connectivity index (χ3n) is 7.23. The minimum absolute atomic E-state index is 0.0118. The molecule has 0 aromatic carbocycles. The Morgan fingerprint density at radius 3 is 2.38 bits per heavy atom. The van der Waals surface area contributed by atoms with Crippen molar-refractivity contribution in [3.05, 3.63) is 0 Å². The zero-order valence-electron chi connectivity index (χ0n) is 18.7. The zero-order chi connectivity index (χ0) is 23.4. The zero-order valence-corrected chi connectivity index (χ0v) is 19.6. The Balaban J connectivity index is 1.53. The van der Waals surface area contributed by atoms with Crippen LogP contribution in [-0.2, 0) is 28.6 Å². The highest BCUT2D eigenvalue weighted by Gasteiger charge is 2.49. The van der Waals surface area contributed by atoms with E-state index in [0.29, 0.717) is 12.5 Å². The average molecular weight is 477 g/mol. The van der Waals surface area contributed by atoms with E-state index in [-0.39, 0.29) is 29.3 Å². The van der Waals surface area contributed by atoms with E-state index in [9.17, 15) is 23.2 Å². The van der Waals surface area contributed by atoms with Gasteiger partial charge < -0.3 is 14.2 Å². The van der Waals surface area contributed by atoms with Crippen molar-refractivity contribution in [3.8, 4) is 0 Å². The van der Waals surface area contributed by atoms with Crippen LogP contribution in [0.3, 0.4) is 0 Å². The summed E-state index contributed by atoms with van der Waals surface area (Å²) in [4.78, 5) is 35.6. The Kier molecular flexibility index (Phi) is 8.10. The maximum absolute atomic E-state index is 12.7. The number of esters is 3. The highest BCUT2D eigenvalue weighted by Crippen LogP contribution is 2.56. The number of hydrogen-bond acceptors (Lipinski definition) is 7. The first-order valence-electron chi connectivity index (χ1n) is 11.6. The molecular weight excluding hydrogens is 442 g/mol. The Labute approximate surface area is 193 Å². The lowest BCUT2D eigenvalue weighted by atomic mass is 9.54. The summed E-state index contributed by atoms with van der Waals surface area (Å²) in [5.41, 5.74) is -0.430. The van der Waals surface area contributed by atoms with Gasteiger partial charge in [-0.3, -0.25) is 4.79 Å². The molecule has 0 radical (unpaired) electrons. The fourth-order valence-electron chi connectivity index (χ4n) is 6.07. The van der Waals surface area contributed by atoms with Crippen LogP contribution in [0.2, 0.25) is 0 Å². The minimum Gasteiger partial charge on any atom is -0.465 e. The highest BCUT2D eigenvalue weighted by atomic mass is 32.1. The lowest BCUT2D eigenvalue weighted by Gasteiger charge is -2.52. The number of alkyl halides is 2. The second kappa shape index (κ2) is 10.3. The van der Waals surface area contributed by atoms with Gasteiger partial charge in [-0.05, 0) is 44.4 Å². The molecule has 3 atom stereocenters. The minimum atomic E-state index is -3.95. The van der Waals surface area contributed by atoms with Gasteiger partial charge in [-0.15, -0.1) is 0 Å². The Bertz CT molecular complexity index is 705. The van der Waals surface area contributed by atoms with Gasteiger partial charge in [-0.1, -0.05) is 51.7 Å². The van der Waals surface area contributed by atoms with E-state index < -0.39 is 23.8 Å². The second-order valence-corrected chi connectivity index (χ2v) is 10.9. The van der Waals surface area contributed by atoms with Crippen LogP contribution in [-0.4, -0.2) is 43.0 Å². The lowest BCUT2D eigenvalue weighted by Crippen LogP contribution is -2.47. The van der Waals surface area contributed by atoms with Crippen LogP contribution in [0.4, 0.5) is 8.78 Å². The molecule has 0 heterocycles. The van der Waals surface area contributed by atoms with E-state index in [1.807, 2.05) is 0 Å². The van der Waals surface area contributed by atoms with Crippen LogP contribution in [0, 0.1) is 22.7 Å². The van der Waals surface area contributed by atoms with E-state index in [1.165, 1.54) is 6.42 Å². The number of ether oxygens (including phenoxy) is 3. The summed E-state index contributed by atoms with van der Waals surface area (Å²) in [7, 11) is 0. The number of fused-ring (bicyclic) bond motifs is 2. The number of carbonyl (C=O) groups excluding carboxylic acids is 3. The summed E-state index contributed by atoms with van der Waals surface area (Å²) in [5.74, 6) is -2.35. The average Bonchev–Trinajstić information content (AvgIpc) is 2.74. The molecule has 3 rings (SSSR count). The third-order valence-corrected chi connectivity index (χ3v) is 7.41. The van der Waals surface area contributed by atoms with Crippen LogP contribution in [0.25, 0.3) is 0 Å². The quantitative estimate of drug-likeness (QED) is 0.311. The fraction of sp³-hybridized carbons (Fsp3) is 0.870. The van der Waals surface area contributed by atoms with Crippen molar-refractivity contribution < 1.29 is 37.4 Å². The molecule has 6 nitrogen and oxygen atoms in total. The number of hydrogen-bond donors (Lipinski definition) is 1. The second-order valence-electron chi connectivity index (χ2n) is 10.4. The van der Waals surface area contributed by atoms with Crippen molar-refractivity contribution in [2.24, 2.45) is 22.7 Å². The van der Waals surface area contributed by atoms with Gasteiger partial charge >= 0.3 is 23.2 Å². The van der Waals surface area contributed by atoms with E-state index in [2.05, 4.69) is 24.3 Å². The molecule has 0 N–H and O–H groups in total. The van der Waals surface area contributed by atoms with Gasteiger partial charge in [0.05, 0.1) is 19.1 Å². The molecule has 0 saturated heterocycles. The molecule has 3 aliphatic carbocycles. The van der Waals surface area contributed by atoms with Crippen LogP contribution in [0.1, 0.15) is 77.6 Å². The maximum Gasteiger partial charge on any atom is 0.388 e. The molecule has 3 aliphatic rings. The van der Waals surface area contributed by atoms with Crippen LogP contribution in [0.15, 0.2) is 0 Å². The van der Waals surface area contributed by atoms with Gasteiger partial charge in [0.15, 0.2) is 6.61 Å². The van der Waals surface area contributed by atoms with Crippen molar-refractivity contribution in [2.45, 2.75) is 82.8 Å². The molecule has 182 valence electrons. The number of carbonyl (C=O) groups is 3. The molecule has 0 amide bonds. The standard InChI is InChI=1S/C23H34F2O6S/c1-21(14-31-19(27)17-7-3-2-4-8-17)10-16-6-5-9-22(11-16,13-21)15-30-18(26)12-29-20(28)23(24,25)32/h16-17,32H,2-15H2,1H3. The molecule has 0 aromatic rings. The molecule has 3 unspecified atom stereocenters. The van der Waals surface area contributed by atoms with Crippen LogP contribution >= 0.6 is 12.6 Å². The van der Waals surface area contributed by atoms with Gasteiger partial charge in [-0.25, -0.2) is 9.59 Å². The van der Waals surface area contributed by atoms with Gasteiger partial charge in [-0.2, -0.15) is 8.78 Å². The van der Waals surface area contributed by atoms with Crippen molar-refractivity contribution in [2.75, 3.05) is 19.8 Å². The summed E-state index contributed by atoms with van der Waals surface area (Å²) in [6.45, 7) is 1.77. The summed E-state index contributed by atoms with van der Waals surface area (Å²) in [6, 6.07) is 0. The van der Waals surface area contributed by atoms with Crippen molar-refractivity contribution >= 4 is 30.5 Å². The summed E-state index contributed by atoms with van der Waals surface area (Å²) >= 11 is 2.82. The largest absolute Gasteiger partial charge is 0.465 e. The Morgan fingerprint density at radius 1 is 0.969 bits per heavy atom.